The van der Waals surface area contributed by atoms with Gasteiger partial charge in [0.15, 0.2) is 5.82 Å². The van der Waals surface area contributed by atoms with Crippen LogP contribution in [0.1, 0.15) is 22.3 Å². The molecule has 4 rings (SSSR count). The van der Waals surface area contributed by atoms with Crippen molar-refractivity contribution >= 4 is 27.6 Å². The van der Waals surface area contributed by atoms with Gasteiger partial charge >= 0.3 is 0 Å². The van der Waals surface area contributed by atoms with Gasteiger partial charge in [0.05, 0.1) is 12.6 Å². The Morgan fingerprint density at radius 3 is 2.59 bits per heavy atom. The van der Waals surface area contributed by atoms with E-state index in [2.05, 4.69) is 33.9 Å². The molecule has 4 aromatic rings. The molecule has 2 aromatic heterocycles. The molecule has 0 spiro atoms. The largest absolute Gasteiger partial charge is 0.497 e. The lowest BCUT2D eigenvalue weighted by molar-refractivity contribution is 0.414. The molecule has 27 heavy (non-hydrogen) atoms. The molecule has 0 bridgehead atoms. The summed E-state index contributed by atoms with van der Waals surface area (Å²) in [6, 6.07) is 14.1. The molecule has 132 valence electrons. The molecule has 4 nitrogen and oxygen atoms in total. The van der Waals surface area contributed by atoms with Crippen LogP contribution in [0.3, 0.4) is 0 Å². The summed E-state index contributed by atoms with van der Waals surface area (Å²) in [4.78, 5) is 8.99. The van der Waals surface area contributed by atoms with Gasteiger partial charge in [0.2, 0.25) is 0 Å². The molecule has 0 aliphatic heterocycles. The number of methoxy groups -OCH3 is 1. The topological polar surface area (TPSA) is 61.0 Å². The predicted octanol–water partition coefficient (Wildman–Crippen LogP) is 4.39. The van der Waals surface area contributed by atoms with Crippen LogP contribution in [0.25, 0.3) is 21.8 Å². The van der Waals surface area contributed by atoms with Gasteiger partial charge in [0.1, 0.15) is 11.3 Å². The first-order valence-corrected chi connectivity index (χ1v) is 8.67. The van der Waals surface area contributed by atoms with Crippen molar-refractivity contribution in [1.29, 1.82) is 0 Å². The second-order valence-corrected chi connectivity index (χ2v) is 6.57. The standard InChI is InChI=1S/C23H19N3O/c1-14-4-9-19-20-12-16(13-25-22(20)23(24)26-21(19)10-14)5-6-17-7-8-18(27-3)11-15(17)2/h4,7-13H,1-3H3,(H2,24,26). The fourth-order valence-electron chi connectivity index (χ4n) is 3.13. The van der Waals surface area contributed by atoms with Crippen LogP contribution in [0.4, 0.5) is 5.82 Å². The number of nitrogens with two attached hydrogens (primary N) is 1. The number of nitrogen functional groups attached to an aromatic ring is 1. The van der Waals surface area contributed by atoms with Gasteiger partial charge < -0.3 is 10.5 Å². The normalized spacial score (nSPS) is 10.6. The summed E-state index contributed by atoms with van der Waals surface area (Å²) in [5.41, 5.74) is 11.7. The predicted molar refractivity (Wildman–Crippen MR) is 110 cm³/mol. The van der Waals surface area contributed by atoms with Gasteiger partial charge in [0, 0.05) is 28.1 Å². The highest BCUT2D eigenvalue weighted by Crippen LogP contribution is 2.27. The Morgan fingerprint density at radius 1 is 0.963 bits per heavy atom. The maximum absolute atomic E-state index is 6.11. The average Bonchev–Trinajstić information content (AvgIpc) is 2.66. The van der Waals surface area contributed by atoms with Gasteiger partial charge in [-0.15, -0.1) is 0 Å². The molecule has 0 unspecified atom stereocenters. The maximum Gasteiger partial charge on any atom is 0.150 e. The summed E-state index contributed by atoms with van der Waals surface area (Å²) in [6.45, 7) is 4.06. The zero-order valence-corrected chi connectivity index (χ0v) is 15.5. The molecule has 4 heteroatoms. The highest BCUT2D eigenvalue weighted by atomic mass is 16.5. The fraction of sp³-hybridized carbons (Fsp3) is 0.130. The minimum absolute atomic E-state index is 0.439. The molecule has 0 saturated heterocycles. The molecule has 0 aliphatic rings. The first-order chi connectivity index (χ1) is 13.0. The van der Waals surface area contributed by atoms with Crippen molar-refractivity contribution in [3.05, 3.63) is 70.9 Å². The van der Waals surface area contributed by atoms with E-state index in [9.17, 15) is 0 Å². The van der Waals surface area contributed by atoms with Crippen molar-refractivity contribution in [2.24, 2.45) is 0 Å². The molecule has 0 atom stereocenters. The minimum Gasteiger partial charge on any atom is -0.497 e. The third-order valence-electron chi connectivity index (χ3n) is 4.59. The minimum atomic E-state index is 0.439. The number of fused-ring (bicyclic) bond motifs is 3. The van der Waals surface area contributed by atoms with E-state index in [0.717, 1.165) is 44.3 Å². The highest BCUT2D eigenvalue weighted by molar-refractivity contribution is 6.08. The van der Waals surface area contributed by atoms with Crippen LogP contribution < -0.4 is 10.5 Å². The Labute approximate surface area is 158 Å². The summed E-state index contributed by atoms with van der Waals surface area (Å²) in [7, 11) is 1.66. The number of rotatable bonds is 1. The third-order valence-corrected chi connectivity index (χ3v) is 4.59. The second kappa shape index (κ2) is 6.62. The summed E-state index contributed by atoms with van der Waals surface area (Å²) in [5, 5.41) is 2.00. The first-order valence-electron chi connectivity index (χ1n) is 8.67. The average molecular weight is 353 g/mol. The van der Waals surface area contributed by atoms with Gasteiger partial charge in [0.25, 0.3) is 0 Å². The SMILES string of the molecule is COc1ccc(C#Cc2cnc3c(N)nc4cc(C)ccc4c3c2)c(C)c1. The van der Waals surface area contributed by atoms with Crippen LogP contribution in [-0.4, -0.2) is 17.1 Å². The molecule has 0 aliphatic carbocycles. The Balaban J connectivity index is 1.84. The van der Waals surface area contributed by atoms with Crippen LogP contribution in [0.15, 0.2) is 48.7 Å². The van der Waals surface area contributed by atoms with Gasteiger partial charge in [-0.2, -0.15) is 0 Å². The number of aryl methyl sites for hydroxylation is 2. The first kappa shape index (κ1) is 16.9. The summed E-state index contributed by atoms with van der Waals surface area (Å²) in [5.74, 6) is 7.70. The molecular weight excluding hydrogens is 334 g/mol. The van der Waals surface area contributed by atoms with Gasteiger partial charge in [-0.1, -0.05) is 24.0 Å². The lowest BCUT2D eigenvalue weighted by Crippen LogP contribution is -1.96. The maximum atomic E-state index is 6.11. The number of nitrogens with zero attached hydrogens (tertiary/aromatic N) is 2. The molecule has 0 saturated carbocycles. The van der Waals surface area contributed by atoms with E-state index < -0.39 is 0 Å². The Bertz CT molecular complexity index is 1250. The Hall–Kier alpha value is -3.58. The molecule has 0 fully saturated rings. The number of pyridine rings is 2. The second-order valence-electron chi connectivity index (χ2n) is 6.57. The smallest absolute Gasteiger partial charge is 0.150 e. The van der Waals surface area contributed by atoms with E-state index in [4.69, 9.17) is 10.5 Å². The van der Waals surface area contributed by atoms with Crippen molar-refractivity contribution in [3.8, 4) is 17.6 Å². The van der Waals surface area contributed by atoms with Crippen LogP contribution in [0, 0.1) is 25.7 Å². The van der Waals surface area contributed by atoms with Crippen LogP contribution >= 0.6 is 0 Å². The van der Waals surface area contributed by atoms with E-state index in [0.29, 0.717) is 11.3 Å². The van der Waals surface area contributed by atoms with Crippen molar-refractivity contribution in [2.45, 2.75) is 13.8 Å². The Kier molecular flexibility index (Phi) is 4.13. The van der Waals surface area contributed by atoms with E-state index in [1.165, 1.54) is 0 Å². The van der Waals surface area contributed by atoms with E-state index in [1.807, 2.05) is 44.2 Å². The fourth-order valence-corrected chi connectivity index (χ4v) is 3.13. The number of anilines is 1. The summed E-state index contributed by atoms with van der Waals surface area (Å²) < 4.78 is 5.25. The Morgan fingerprint density at radius 2 is 1.81 bits per heavy atom. The van der Waals surface area contributed by atoms with Crippen LogP contribution in [-0.2, 0) is 0 Å². The summed E-state index contributed by atoms with van der Waals surface area (Å²) >= 11 is 0. The van der Waals surface area contributed by atoms with Crippen LogP contribution in [0.2, 0.25) is 0 Å². The molecule has 0 radical (unpaired) electrons. The molecule has 2 aromatic carbocycles. The van der Waals surface area contributed by atoms with Crippen molar-refractivity contribution in [2.75, 3.05) is 12.8 Å². The van der Waals surface area contributed by atoms with Crippen molar-refractivity contribution in [1.82, 2.24) is 9.97 Å². The van der Waals surface area contributed by atoms with E-state index in [1.54, 1.807) is 13.3 Å². The summed E-state index contributed by atoms with van der Waals surface area (Å²) in [6.07, 6.45) is 1.74. The van der Waals surface area contributed by atoms with E-state index in [-0.39, 0.29) is 0 Å². The number of hydrogen-bond donors (Lipinski definition) is 1. The number of benzene rings is 2. The molecular formula is C23H19N3O. The van der Waals surface area contributed by atoms with Crippen molar-refractivity contribution in [3.63, 3.8) is 0 Å². The van der Waals surface area contributed by atoms with Gasteiger partial charge in [-0.3, -0.25) is 4.98 Å². The lowest BCUT2D eigenvalue weighted by atomic mass is 10.1. The van der Waals surface area contributed by atoms with Crippen LogP contribution in [0.5, 0.6) is 5.75 Å². The molecule has 0 amide bonds. The molecule has 2 heterocycles. The highest BCUT2D eigenvalue weighted by Gasteiger charge is 2.08. The monoisotopic (exact) mass is 353 g/mol. The third kappa shape index (κ3) is 3.16. The zero-order valence-electron chi connectivity index (χ0n) is 15.5. The van der Waals surface area contributed by atoms with Crippen molar-refractivity contribution < 1.29 is 4.74 Å². The molecule has 2 N–H and O–H groups in total. The lowest BCUT2D eigenvalue weighted by Gasteiger charge is -2.07. The quantitative estimate of drug-likeness (QED) is 0.407. The van der Waals surface area contributed by atoms with Gasteiger partial charge in [-0.05, 0) is 55.3 Å². The number of ether oxygens (including phenoxy) is 1. The van der Waals surface area contributed by atoms with Gasteiger partial charge in [-0.25, -0.2) is 4.98 Å². The number of aromatic nitrogens is 2. The number of hydrogen-bond acceptors (Lipinski definition) is 4. The van der Waals surface area contributed by atoms with E-state index >= 15 is 0 Å². The zero-order chi connectivity index (χ0) is 19.0.